The molecule has 142 valence electrons. The molecule has 0 atom stereocenters. The van der Waals surface area contributed by atoms with Crippen molar-refractivity contribution in [1.82, 2.24) is 15.1 Å². The highest BCUT2D eigenvalue weighted by Gasteiger charge is 2.28. The van der Waals surface area contributed by atoms with Crippen LogP contribution in [0.5, 0.6) is 0 Å². The molecule has 0 aliphatic heterocycles. The van der Waals surface area contributed by atoms with Crippen molar-refractivity contribution < 1.29 is 9.59 Å². The number of benzene rings is 2. The van der Waals surface area contributed by atoms with Crippen LogP contribution in [0.4, 0.5) is 0 Å². The van der Waals surface area contributed by atoms with Crippen LogP contribution in [0.25, 0.3) is 22.7 Å². The lowest BCUT2D eigenvalue weighted by Crippen LogP contribution is -2.21. The summed E-state index contributed by atoms with van der Waals surface area (Å²) in [5, 5.41) is 8.27. The Morgan fingerprint density at radius 1 is 1.21 bits per heavy atom. The Kier molecular flexibility index (Phi) is 4.89. The van der Waals surface area contributed by atoms with E-state index in [9.17, 15) is 9.59 Å². The van der Waals surface area contributed by atoms with Gasteiger partial charge in [-0.15, -0.1) is 0 Å². The normalized spacial score (nSPS) is 14.0. The molecule has 28 heavy (non-hydrogen) atoms. The molecular weight excluding hydrogens is 418 g/mol. The van der Waals surface area contributed by atoms with Gasteiger partial charge in [0, 0.05) is 16.9 Å². The van der Waals surface area contributed by atoms with Crippen molar-refractivity contribution in [1.29, 1.82) is 0 Å². The van der Waals surface area contributed by atoms with Crippen LogP contribution in [-0.2, 0) is 4.79 Å². The number of halogens is 1. The van der Waals surface area contributed by atoms with Gasteiger partial charge in [-0.2, -0.15) is 5.10 Å². The van der Waals surface area contributed by atoms with Crippen molar-refractivity contribution in [3.8, 4) is 5.69 Å². The molecule has 0 saturated heterocycles. The molecule has 2 aromatic carbocycles. The fourth-order valence-electron chi connectivity index (χ4n) is 3.37. The first-order valence-electron chi connectivity index (χ1n) is 9.21. The summed E-state index contributed by atoms with van der Waals surface area (Å²) in [6.45, 7) is 1.54. The van der Waals surface area contributed by atoms with E-state index in [2.05, 4.69) is 27.3 Å². The molecule has 6 heteroatoms. The van der Waals surface area contributed by atoms with Gasteiger partial charge < -0.3 is 5.32 Å². The van der Waals surface area contributed by atoms with Gasteiger partial charge in [0.15, 0.2) is 5.78 Å². The monoisotopic (exact) mass is 437 g/mol. The second-order valence-corrected chi connectivity index (χ2v) is 7.95. The van der Waals surface area contributed by atoms with Crippen LogP contribution < -0.4 is 5.32 Å². The molecule has 0 bridgehead atoms. The molecule has 0 spiro atoms. The van der Waals surface area contributed by atoms with Crippen LogP contribution in [0.3, 0.4) is 0 Å². The highest BCUT2D eigenvalue weighted by molar-refractivity contribution is 9.10. The highest BCUT2D eigenvalue weighted by atomic mass is 79.9. The number of nitrogens with one attached hydrogen (secondary N) is 1. The number of rotatable bonds is 5. The van der Waals surface area contributed by atoms with Gasteiger partial charge in [0.25, 0.3) is 5.91 Å². The van der Waals surface area contributed by atoms with E-state index in [1.807, 2.05) is 36.4 Å². The lowest BCUT2D eigenvalue weighted by Gasteiger charge is -2.08. The number of carbonyl (C=O) groups is 2. The molecular formula is C22H20BrN3O2. The van der Waals surface area contributed by atoms with Crippen molar-refractivity contribution >= 4 is 44.6 Å². The van der Waals surface area contributed by atoms with Crippen LogP contribution in [0, 0.1) is 0 Å². The molecule has 4 rings (SSSR count). The Morgan fingerprint density at radius 2 is 1.93 bits per heavy atom. The van der Waals surface area contributed by atoms with Crippen LogP contribution >= 0.6 is 15.9 Å². The first kappa shape index (κ1) is 18.6. The number of ketones is 1. The average molecular weight is 438 g/mol. The molecule has 0 unspecified atom stereocenters. The maximum Gasteiger partial charge on any atom is 0.270 e. The second-order valence-electron chi connectivity index (χ2n) is 7.03. The first-order chi connectivity index (χ1) is 13.5. The third-order valence-corrected chi connectivity index (χ3v) is 5.43. The third kappa shape index (κ3) is 3.52. The summed E-state index contributed by atoms with van der Waals surface area (Å²) in [4.78, 5) is 24.1. The first-order valence-corrected chi connectivity index (χ1v) is 10.0. The Labute approximate surface area is 171 Å². The lowest BCUT2D eigenvalue weighted by molar-refractivity contribution is -0.112. The SMILES string of the molecule is CNC(=O)c1c2cc(C3CC3)c(/C=C/C(C)=O)cc2nn1-c1ccc(Br)cc1. The molecule has 1 aromatic heterocycles. The van der Waals surface area contributed by atoms with Crippen molar-refractivity contribution in [3.05, 3.63) is 63.8 Å². The number of aromatic nitrogens is 2. The summed E-state index contributed by atoms with van der Waals surface area (Å²) in [5.41, 5.74) is 4.23. The molecule has 1 aliphatic carbocycles. The predicted octanol–water partition coefficient (Wildman–Crippen LogP) is 4.63. The maximum absolute atomic E-state index is 12.7. The van der Waals surface area contributed by atoms with Gasteiger partial charge >= 0.3 is 0 Å². The van der Waals surface area contributed by atoms with Crippen LogP contribution in [-0.4, -0.2) is 28.5 Å². The fraction of sp³-hybridized carbons (Fsp3) is 0.227. The number of nitrogens with zero attached hydrogens (tertiary/aromatic N) is 2. The Balaban J connectivity index is 1.96. The number of carbonyl (C=O) groups excluding carboxylic acids is 2. The topological polar surface area (TPSA) is 64.0 Å². The second kappa shape index (κ2) is 7.36. The molecule has 0 radical (unpaired) electrons. The zero-order valence-corrected chi connectivity index (χ0v) is 17.3. The summed E-state index contributed by atoms with van der Waals surface area (Å²) in [6, 6.07) is 11.7. The van der Waals surface area contributed by atoms with Gasteiger partial charge in [0.2, 0.25) is 0 Å². The molecule has 1 aliphatic rings. The van der Waals surface area contributed by atoms with Gasteiger partial charge in [-0.25, -0.2) is 4.68 Å². The third-order valence-electron chi connectivity index (χ3n) is 4.90. The van der Waals surface area contributed by atoms with Crippen LogP contribution in [0.2, 0.25) is 0 Å². The van der Waals surface area contributed by atoms with Crippen LogP contribution in [0.15, 0.2) is 46.9 Å². The Morgan fingerprint density at radius 3 is 2.54 bits per heavy atom. The Bertz CT molecular complexity index is 1110. The summed E-state index contributed by atoms with van der Waals surface area (Å²) in [6.07, 6.45) is 5.69. The minimum Gasteiger partial charge on any atom is -0.354 e. The van der Waals surface area contributed by atoms with E-state index in [-0.39, 0.29) is 11.7 Å². The van der Waals surface area contributed by atoms with Crippen molar-refractivity contribution in [2.24, 2.45) is 0 Å². The molecule has 1 fully saturated rings. The Hall–Kier alpha value is -2.73. The van der Waals surface area contributed by atoms with Gasteiger partial charge in [-0.05, 0) is 79.3 Å². The van der Waals surface area contributed by atoms with E-state index in [4.69, 9.17) is 5.10 Å². The van der Waals surface area contributed by atoms with E-state index in [0.717, 1.165) is 39.5 Å². The van der Waals surface area contributed by atoms with Crippen molar-refractivity contribution in [2.45, 2.75) is 25.7 Å². The zero-order chi connectivity index (χ0) is 19.8. The molecule has 1 amide bonds. The molecule has 3 aromatic rings. The van der Waals surface area contributed by atoms with E-state index >= 15 is 0 Å². The predicted molar refractivity (Wildman–Crippen MR) is 114 cm³/mol. The summed E-state index contributed by atoms with van der Waals surface area (Å²) in [5.74, 6) is 0.303. The number of allylic oxidation sites excluding steroid dienone is 1. The highest BCUT2D eigenvalue weighted by Crippen LogP contribution is 2.43. The van der Waals surface area contributed by atoms with Crippen LogP contribution in [0.1, 0.15) is 47.3 Å². The number of hydrogen-bond donors (Lipinski definition) is 1. The molecule has 1 saturated carbocycles. The summed E-state index contributed by atoms with van der Waals surface area (Å²) in [7, 11) is 1.62. The van der Waals surface area contributed by atoms with Crippen molar-refractivity contribution in [2.75, 3.05) is 7.05 Å². The van der Waals surface area contributed by atoms with E-state index in [1.165, 1.54) is 12.5 Å². The quantitative estimate of drug-likeness (QED) is 0.591. The number of amides is 1. The van der Waals surface area contributed by atoms with Gasteiger partial charge in [-0.3, -0.25) is 9.59 Å². The number of fused-ring (bicyclic) bond motifs is 1. The maximum atomic E-state index is 12.7. The molecule has 5 nitrogen and oxygen atoms in total. The van der Waals surface area contributed by atoms with Gasteiger partial charge in [0.1, 0.15) is 5.69 Å². The minimum absolute atomic E-state index is 0.00767. The van der Waals surface area contributed by atoms with E-state index in [0.29, 0.717) is 11.6 Å². The fourth-order valence-corrected chi connectivity index (χ4v) is 3.64. The van der Waals surface area contributed by atoms with Crippen molar-refractivity contribution in [3.63, 3.8) is 0 Å². The summed E-state index contributed by atoms with van der Waals surface area (Å²) < 4.78 is 2.65. The lowest BCUT2D eigenvalue weighted by atomic mass is 9.99. The zero-order valence-electron chi connectivity index (χ0n) is 15.7. The van der Waals surface area contributed by atoms with E-state index < -0.39 is 0 Å². The van der Waals surface area contributed by atoms with E-state index in [1.54, 1.807) is 17.8 Å². The van der Waals surface area contributed by atoms with Gasteiger partial charge in [0.05, 0.1) is 11.2 Å². The largest absolute Gasteiger partial charge is 0.354 e. The van der Waals surface area contributed by atoms with Gasteiger partial charge in [-0.1, -0.05) is 22.0 Å². The molecule has 1 N–H and O–H groups in total. The summed E-state index contributed by atoms with van der Waals surface area (Å²) >= 11 is 3.44. The standard InChI is InChI=1S/C22H20BrN3O2/c1-13(27)3-4-15-11-20-19(12-18(15)14-5-6-14)21(22(28)24-2)26(25-20)17-9-7-16(23)8-10-17/h3-4,7-12,14H,5-6H2,1-2H3,(H,24,28)/b4-3+. The molecule has 1 heterocycles. The smallest absolute Gasteiger partial charge is 0.270 e. The average Bonchev–Trinajstić information content (AvgIpc) is 3.46. The minimum atomic E-state index is -0.181. The number of hydrogen-bond acceptors (Lipinski definition) is 3.